The number of rotatable bonds is 8. The van der Waals surface area contributed by atoms with E-state index in [9.17, 15) is 14.4 Å². The molecule has 0 unspecified atom stereocenters. The van der Waals surface area contributed by atoms with Gasteiger partial charge in [0.1, 0.15) is 0 Å². The summed E-state index contributed by atoms with van der Waals surface area (Å²) in [6.07, 6.45) is 0.110. The van der Waals surface area contributed by atoms with Crippen LogP contribution in [0.1, 0.15) is 40.0 Å². The van der Waals surface area contributed by atoms with Gasteiger partial charge in [-0.3, -0.25) is 0 Å². The SMILES string of the molecule is CCC(=O)[O][Sb]([O]C(=O)CC)([O]C(=O)CC)([c]1ccccc1)[c]1ccccc1. The molecule has 2 rings (SSSR count). The number of benzene rings is 2. The van der Waals surface area contributed by atoms with Gasteiger partial charge in [0, 0.05) is 0 Å². The maximum atomic E-state index is 12.6. The molecule has 0 heterocycles. The van der Waals surface area contributed by atoms with Crippen molar-refractivity contribution in [2.45, 2.75) is 40.0 Å². The summed E-state index contributed by atoms with van der Waals surface area (Å²) < 4.78 is 18.7. The van der Waals surface area contributed by atoms with Crippen molar-refractivity contribution in [2.75, 3.05) is 0 Å². The molecule has 0 aliphatic heterocycles. The molecule has 2 aromatic carbocycles. The normalized spacial score (nSPS) is 12.3. The molecule has 0 bridgehead atoms. The van der Waals surface area contributed by atoms with E-state index in [0.29, 0.717) is 7.02 Å². The van der Waals surface area contributed by atoms with E-state index in [4.69, 9.17) is 9.05 Å². The van der Waals surface area contributed by atoms with Crippen LogP contribution in [0, 0.1) is 0 Å². The average molecular weight is 495 g/mol. The van der Waals surface area contributed by atoms with Gasteiger partial charge in [-0.2, -0.15) is 0 Å². The first-order chi connectivity index (χ1) is 13.4. The topological polar surface area (TPSA) is 78.9 Å². The Morgan fingerprint density at radius 3 is 1.14 bits per heavy atom. The van der Waals surface area contributed by atoms with E-state index in [1.54, 1.807) is 81.4 Å². The molecule has 0 aliphatic rings. The zero-order valence-corrected chi connectivity index (χ0v) is 18.8. The molecule has 150 valence electrons. The van der Waals surface area contributed by atoms with Gasteiger partial charge in [0.25, 0.3) is 0 Å². The molecule has 0 aromatic heterocycles. The van der Waals surface area contributed by atoms with Gasteiger partial charge >= 0.3 is 168 Å². The second kappa shape index (κ2) is 9.24. The van der Waals surface area contributed by atoms with E-state index in [1.165, 1.54) is 0 Å². The molecule has 0 fully saturated rings. The van der Waals surface area contributed by atoms with Crippen LogP contribution in [0.4, 0.5) is 0 Å². The summed E-state index contributed by atoms with van der Waals surface area (Å²) in [5.74, 6) is -1.83. The van der Waals surface area contributed by atoms with E-state index in [-0.39, 0.29) is 19.3 Å². The van der Waals surface area contributed by atoms with E-state index < -0.39 is 36.6 Å². The van der Waals surface area contributed by atoms with Crippen molar-refractivity contribution in [3.63, 3.8) is 0 Å². The summed E-state index contributed by atoms with van der Waals surface area (Å²) >= 11 is -6.01. The van der Waals surface area contributed by atoms with Gasteiger partial charge in [-0.05, 0) is 0 Å². The summed E-state index contributed by atoms with van der Waals surface area (Å²) in [4.78, 5) is 37.7. The fraction of sp³-hybridized carbons (Fsp3) is 0.286. The average Bonchev–Trinajstić information content (AvgIpc) is 2.74. The van der Waals surface area contributed by atoms with E-state index in [1.807, 2.05) is 0 Å². The molecule has 28 heavy (non-hydrogen) atoms. The maximum absolute atomic E-state index is 12.6. The second-order valence-corrected chi connectivity index (χ2v) is 15.6. The van der Waals surface area contributed by atoms with Gasteiger partial charge in [0.05, 0.1) is 0 Å². The van der Waals surface area contributed by atoms with Gasteiger partial charge in [-0.15, -0.1) is 0 Å². The number of hydrogen-bond acceptors (Lipinski definition) is 6. The van der Waals surface area contributed by atoms with Crippen LogP contribution in [0.5, 0.6) is 0 Å². The van der Waals surface area contributed by atoms with Crippen molar-refractivity contribution in [3.8, 4) is 0 Å². The summed E-state index contributed by atoms with van der Waals surface area (Å²) in [5, 5.41) is 0. The third-order valence-electron chi connectivity index (χ3n) is 4.07. The molecule has 2 aromatic rings. The van der Waals surface area contributed by atoms with Crippen LogP contribution in [0.15, 0.2) is 60.7 Å². The molecule has 6 nitrogen and oxygen atoms in total. The molecule has 0 radical (unpaired) electrons. The van der Waals surface area contributed by atoms with Crippen molar-refractivity contribution in [2.24, 2.45) is 0 Å². The first kappa shape index (κ1) is 22.0. The molecule has 0 saturated heterocycles. The summed E-state index contributed by atoms with van der Waals surface area (Å²) in [6.45, 7) is 4.89. The van der Waals surface area contributed by atoms with Crippen LogP contribution < -0.4 is 7.02 Å². The molecule has 0 atom stereocenters. The molecule has 0 aliphatic carbocycles. The summed E-state index contributed by atoms with van der Waals surface area (Å²) in [7, 11) is 0. The van der Waals surface area contributed by atoms with Gasteiger partial charge in [0.2, 0.25) is 0 Å². The standard InChI is InChI=1S/2C6H5.3C3H6O2.Sb/c2*1-2-4-6-5-3-1;3*1-2-3(4)5;/h2*1-5H;3*2H2,1H3,(H,4,5);/q;;;;;+3/p-3. The Kier molecular flexibility index (Phi) is 7.25. The fourth-order valence-corrected chi connectivity index (χ4v) is 13.8. The van der Waals surface area contributed by atoms with Gasteiger partial charge in [-0.25, -0.2) is 0 Å². The van der Waals surface area contributed by atoms with Gasteiger partial charge in [0.15, 0.2) is 0 Å². The van der Waals surface area contributed by atoms with Crippen molar-refractivity contribution in [3.05, 3.63) is 60.7 Å². The predicted molar refractivity (Wildman–Crippen MR) is 107 cm³/mol. The van der Waals surface area contributed by atoms with Crippen LogP contribution in [-0.4, -0.2) is 36.6 Å². The van der Waals surface area contributed by atoms with Crippen molar-refractivity contribution >= 4 is 43.6 Å². The van der Waals surface area contributed by atoms with E-state index in [2.05, 4.69) is 0 Å². The Morgan fingerprint density at radius 1 is 0.607 bits per heavy atom. The first-order valence-electron chi connectivity index (χ1n) is 9.22. The Bertz CT molecular complexity index is 743. The number of carbonyl (C=O) groups is 3. The number of carbonyl (C=O) groups excluding carboxylic acids is 3. The molecule has 0 N–H and O–H groups in total. The third kappa shape index (κ3) is 4.22. The molecule has 0 spiro atoms. The Morgan fingerprint density at radius 2 is 0.893 bits per heavy atom. The van der Waals surface area contributed by atoms with E-state index in [0.717, 1.165) is 0 Å². The Hall–Kier alpha value is -2.33. The second-order valence-electron chi connectivity index (χ2n) is 6.00. The molecule has 0 saturated carbocycles. The minimum absolute atomic E-state index is 0.0365. The van der Waals surface area contributed by atoms with Gasteiger partial charge in [-0.1, -0.05) is 0 Å². The molecular formula is C21H25O6Sb. The van der Waals surface area contributed by atoms with Crippen molar-refractivity contribution in [1.82, 2.24) is 0 Å². The molecule has 0 amide bonds. The van der Waals surface area contributed by atoms with Crippen LogP contribution >= 0.6 is 0 Å². The third-order valence-corrected chi connectivity index (χ3v) is 15.4. The monoisotopic (exact) mass is 494 g/mol. The van der Waals surface area contributed by atoms with Crippen LogP contribution in [-0.2, 0) is 23.4 Å². The van der Waals surface area contributed by atoms with Crippen molar-refractivity contribution in [1.29, 1.82) is 0 Å². The first-order valence-corrected chi connectivity index (χ1v) is 14.9. The van der Waals surface area contributed by atoms with Gasteiger partial charge < -0.3 is 0 Å². The molecular weight excluding hydrogens is 470 g/mol. The number of hydrogen-bond donors (Lipinski definition) is 0. The van der Waals surface area contributed by atoms with Crippen molar-refractivity contribution < 1.29 is 23.4 Å². The Labute approximate surface area is 167 Å². The van der Waals surface area contributed by atoms with Crippen LogP contribution in [0.25, 0.3) is 0 Å². The molecule has 7 heteroatoms. The van der Waals surface area contributed by atoms with Crippen LogP contribution in [0.3, 0.4) is 0 Å². The predicted octanol–water partition coefficient (Wildman–Crippen LogP) is 2.55. The van der Waals surface area contributed by atoms with Crippen LogP contribution in [0.2, 0.25) is 0 Å². The quantitative estimate of drug-likeness (QED) is 0.525. The zero-order valence-electron chi connectivity index (χ0n) is 16.3. The summed E-state index contributed by atoms with van der Waals surface area (Å²) in [5.41, 5.74) is 0. The fourth-order valence-electron chi connectivity index (χ4n) is 2.64. The minimum atomic E-state index is -6.01. The Balaban J connectivity index is 2.96. The summed E-state index contributed by atoms with van der Waals surface area (Å²) in [6, 6.07) is 17.1. The zero-order chi connectivity index (χ0) is 20.6. The van der Waals surface area contributed by atoms with E-state index >= 15 is 0 Å².